The Morgan fingerprint density at radius 2 is 1.86 bits per heavy atom. The molecular formula is C23H20ClNO3. The van der Waals surface area contributed by atoms with Crippen LogP contribution in [0.1, 0.15) is 35.4 Å². The van der Waals surface area contributed by atoms with Crippen molar-refractivity contribution in [2.45, 2.75) is 30.0 Å². The highest BCUT2D eigenvalue weighted by atomic mass is 35.5. The largest absolute Gasteiger partial charge is 0.495 e. The normalized spacial score (nSPS) is 27.8. The average Bonchev–Trinajstić information content (AvgIpc) is 3.16. The van der Waals surface area contributed by atoms with Crippen molar-refractivity contribution in [1.29, 1.82) is 0 Å². The predicted molar refractivity (Wildman–Crippen MR) is 107 cm³/mol. The fourth-order valence-corrected chi connectivity index (χ4v) is 5.14. The van der Waals surface area contributed by atoms with Crippen LogP contribution in [0, 0.1) is 0 Å². The Balaban J connectivity index is 1.78. The molecule has 1 aliphatic heterocycles. The summed E-state index contributed by atoms with van der Waals surface area (Å²) in [5, 5.41) is 12.8. The fourth-order valence-electron chi connectivity index (χ4n) is 5.02. The summed E-state index contributed by atoms with van der Waals surface area (Å²) in [5.41, 5.74) is 0.498. The van der Waals surface area contributed by atoms with Gasteiger partial charge in [0, 0.05) is 10.9 Å². The van der Waals surface area contributed by atoms with Crippen LogP contribution >= 0.6 is 11.6 Å². The van der Waals surface area contributed by atoms with E-state index in [1.165, 1.54) is 0 Å². The summed E-state index contributed by atoms with van der Waals surface area (Å²) in [6.45, 7) is 0. The first-order valence-electron chi connectivity index (χ1n) is 9.35. The summed E-state index contributed by atoms with van der Waals surface area (Å²) in [7, 11) is 1.59. The van der Waals surface area contributed by atoms with E-state index in [1.807, 2.05) is 42.5 Å². The minimum Gasteiger partial charge on any atom is -0.495 e. The number of pyridine rings is 1. The van der Waals surface area contributed by atoms with Crippen molar-refractivity contribution in [1.82, 2.24) is 4.98 Å². The van der Waals surface area contributed by atoms with Crippen LogP contribution in [0.15, 0.2) is 67.0 Å². The van der Waals surface area contributed by atoms with Crippen LogP contribution in [-0.2, 0) is 11.2 Å². The summed E-state index contributed by atoms with van der Waals surface area (Å²) in [5.74, 6) is 1.08. The highest BCUT2D eigenvalue weighted by Crippen LogP contribution is 2.67. The lowest BCUT2D eigenvalue weighted by Gasteiger charge is -2.40. The highest BCUT2D eigenvalue weighted by molar-refractivity contribution is 6.30. The topological polar surface area (TPSA) is 51.6 Å². The van der Waals surface area contributed by atoms with E-state index >= 15 is 0 Å². The number of hydrogen-bond acceptors (Lipinski definition) is 4. The fraction of sp³-hybridized carbons (Fsp3) is 0.261. The maximum Gasteiger partial charge on any atom is 0.174 e. The van der Waals surface area contributed by atoms with E-state index in [9.17, 15) is 5.11 Å². The Labute approximate surface area is 168 Å². The molecule has 0 spiro atoms. The number of rotatable bonds is 3. The van der Waals surface area contributed by atoms with E-state index in [4.69, 9.17) is 21.1 Å². The molecule has 2 aliphatic rings. The Morgan fingerprint density at radius 3 is 2.57 bits per heavy atom. The monoisotopic (exact) mass is 393 g/mol. The third-order valence-corrected chi connectivity index (χ3v) is 6.41. The number of halogens is 1. The second-order valence-corrected chi connectivity index (χ2v) is 7.86. The van der Waals surface area contributed by atoms with Gasteiger partial charge < -0.3 is 14.6 Å². The summed E-state index contributed by atoms with van der Waals surface area (Å²) in [6.07, 6.45) is 4.64. The molecule has 0 saturated heterocycles. The molecule has 2 aromatic carbocycles. The van der Waals surface area contributed by atoms with Gasteiger partial charge in [-0.2, -0.15) is 0 Å². The lowest BCUT2D eigenvalue weighted by molar-refractivity contribution is -0.106. The smallest absolute Gasteiger partial charge is 0.174 e. The van der Waals surface area contributed by atoms with Crippen molar-refractivity contribution < 1.29 is 14.6 Å². The lowest BCUT2D eigenvalue weighted by atomic mass is 9.72. The Morgan fingerprint density at radius 1 is 1.11 bits per heavy atom. The number of nitrogens with zero attached hydrogens (tertiary/aromatic N) is 1. The first kappa shape index (κ1) is 17.5. The highest BCUT2D eigenvalue weighted by Gasteiger charge is 2.69. The first-order valence-corrected chi connectivity index (χ1v) is 9.73. The number of hydrogen-bond donors (Lipinski definition) is 1. The second-order valence-electron chi connectivity index (χ2n) is 7.42. The van der Waals surface area contributed by atoms with Gasteiger partial charge in [0.15, 0.2) is 5.60 Å². The van der Waals surface area contributed by atoms with Crippen molar-refractivity contribution >= 4 is 11.6 Å². The first-order chi connectivity index (χ1) is 13.6. The van der Waals surface area contributed by atoms with E-state index in [0.717, 1.165) is 17.5 Å². The number of methoxy groups -OCH3 is 1. The van der Waals surface area contributed by atoms with E-state index in [1.54, 1.807) is 19.5 Å². The SMILES string of the molecule is COc1cncc2c1C1(O)CCC(c3ccccc3)C1(c1ccc(Cl)cc1)O2. The summed E-state index contributed by atoms with van der Waals surface area (Å²) < 4.78 is 12.2. The standard InChI is InChI=1S/C23H20ClNO3/c1-27-19-13-25-14-20-21(19)22(26)12-11-18(15-5-3-2-4-6-15)23(22,28-20)16-7-9-17(24)10-8-16/h2-10,13-14,18,26H,11-12H2,1H3. The van der Waals surface area contributed by atoms with E-state index in [0.29, 0.717) is 28.5 Å². The van der Waals surface area contributed by atoms with Crippen molar-refractivity contribution in [2.24, 2.45) is 0 Å². The van der Waals surface area contributed by atoms with Gasteiger partial charge >= 0.3 is 0 Å². The molecule has 1 N–H and O–H groups in total. The van der Waals surface area contributed by atoms with Crippen LogP contribution in [0.4, 0.5) is 0 Å². The Bertz CT molecular complexity index is 1020. The molecule has 0 radical (unpaired) electrons. The molecule has 1 saturated carbocycles. The van der Waals surface area contributed by atoms with Crippen LogP contribution in [0.2, 0.25) is 5.02 Å². The van der Waals surface area contributed by atoms with Crippen molar-refractivity contribution in [2.75, 3.05) is 7.11 Å². The molecular weight excluding hydrogens is 374 g/mol. The van der Waals surface area contributed by atoms with Crippen LogP contribution in [0.3, 0.4) is 0 Å². The third kappa shape index (κ3) is 2.19. The zero-order chi connectivity index (χ0) is 19.4. The van der Waals surface area contributed by atoms with Gasteiger partial charge in [-0.3, -0.25) is 4.98 Å². The van der Waals surface area contributed by atoms with Gasteiger partial charge in [-0.25, -0.2) is 0 Å². The number of fused-ring (bicyclic) bond motifs is 3. The van der Waals surface area contributed by atoms with E-state index in [-0.39, 0.29) is 5.92 Å². The maximum atomic E-state index is 12.1. The van der Waals surface area contributed by atoms with Crippen molar-refractivity contribution in [3.63, 3.8) is 0 Å². The molecule has 142 valence electrons. The average molecular weight is 394 g/mol. The summed E-state index contributed by atoms with van der Waals surface area (Å²) in [4.78, 5) is 4.24. The lowest BCUT2D eigenvalue weighted by Crippen LogP contribution is -2.48. The minimum atomic E-state index is -1.23. The number of aromatic nitrogens is 1. The van der Waals surface area contributed by atoms with Crippen molar-refractivity contribution in [3.05, 3.63) is 88.7 Å². The number of ether oxygens (including phenoxy) is 2. The number of aliphatic hydroxyl groups is 1. The predicted octanol–water partition coefficient (Wildman–Crippen LogP) is 4.80. The van der Waals surface area contributed by atoms with Gasteiger partial charge in [-0.15, -0.1) is 0 Å². The van der Waals surface area contributed by atoms with Gasteiger partial charge in [-0.1, -0.05) is 54.1 Å². The van der Waals surface area contributed by atoms with Crippen LogP contribution in [-0.4, -0.2) is 17.2 Å². The van der Waals surface area contributed by atoms with Crippen molar-refractivity contribution in [3.8, 4) is 11.5 Å². The molecule has 1 aromatic heterocycles. The second kappa shape index (κ2) is 6.23. The maximum absolute atomic E-state index is 12.1. The van der Waals surface area contributed by atoms with Crippen LogP contribution in [0.5, 0.6) is 11.5 Å². The molecule has 0 bridgehead atoms. The molecule has 3 atom stereocenters. The Hall–Kier alpha value is -2.56. The molecule has 5 rings (SSSR count). The summed E-state index contributed by atoms with van der Waals surface area (Å²) in [6, 6.07) is 17.8. The van der Waals surface area contributed by atoms with Gasteiger partial charge in [0.05, 0.1) is 25.1 Å². The molecule has 0 amide bonds. The van der Waals surface area contributed by atoms with Gasteiger partial charge in [0.25, 0.3) is 0 Å². The molecule has 4 nitrogen and oxygen atoms in total. The molecule has 1 fully saturated rings. The van der Waals surface area contributed by atoms with Gasteiger partial charge in [0.1, 0.15) is 17.1 Å². The number of benzene rings is 2. The molecule has 5 heteroatoms. The van der Waals surface area contributed by atoms with Crippen LogP contribution < -0.4 is 9.47 Å². The van der Waals surface area contributed by atoms with E-state index < -0.39 is 11.2 Å². The summed E-state index contributed by atoms with van der Waals surface area (Å²) >= 11 is 6.15. The third-order valence-electron chi connectivity index (χ3n) is 6.16. The van der Waals surface area contributed by atoms with Crippen LogP contribution in [0.25, 0.3) is 0 Å². The van der Waals surface area contributed by atoms with E-state index in [2.05, 4.69) is 17.1 Å². The minimum absolute atomic E-state index is 0.0306. The molecule has 3 aromatic rings. The van der Waals surface area contributed by atoms with Gasteiger partial charge in [-0.05, 0) is 36.1 Å². The quantitative estimate of drug-likeness (QED) is 0.694. The molecule has 3 unspecified atom stereocenters. The molecule has 1 aliphatic carbocycles. The zero-order valence-corrected chi connectivity index (χ0v) is 16.2. The molecule has 2 heterocycles. The molecule has 28 heavy (non-hydrogen) atoms. The zero-order valence-electron chi connectivity index (χ0n) is 15.4. The van der Waals surface area contributed by atoms with Gasteiger partial charge in [0.2, 0.25) is 0 Å². The Kier molecular flexibility index (Phi) is 3.90.